The van der Waals surface area contributed by atoms with E-state index in [0.717, 1.165) is 32.5 Å². The summed E-state index contributed by atoms with van der Waals surface area (Å²) in [5.41, 5.74) is 1.17. The van der Waals surface area contributed by atoms with Gasteiger partial charge in [-0.3, -0.25) is 4.79 Å². The average molecular weight is 395 g/mol. The van der Waals surface area contributed by atoms with Gasteiger partial charge >= 0.3 is 6.09 Å². The summed E-state index contributed by atoms with van der Waals surface area (Å²) in [7, 11) is 1.58. The first-order chi connectivity index (χ1) is 14.1. The Morgan fingerprint density at radius 1 is 0.897 bits per heavy atom. The van der Waals surface area contributed by atoms with Crippen LogP contribution in [0.1, 0.15) is 23.2 Å². The van der Waals surface area contributed by atoms with Gasteiger partial charge in [-0.25, -0.2) is 4.79 Å². The molecule has 0 spiro atoms. The maximum atomic E-state index is 12.6. The predicted octanol–water partition coefficient (Wildman–Crippen LogP) is 3.23. The molecule has 3 aliphatic rings. The van der Waals surface area contributed by atoms with Crippen molar-refractivity contribution >= 4 is 17.7 Å². The maximum Gasteiger partial charge on any atom is 0.415 e. The summed E-state index contributed by atoms with van der Waals surface area (Å²) >= 11 is 0. The van der Waals surface area contributed by atoms with Crippen LogP contribution in [-0.4, -0.2) is 61.1 Å². The molecule has 1 N–H and O–H groups in total. The fourth-order valence-electron chi connectivity index (χ4n) is 3.84. The molecule has 0 radical (unpaired) electrons. The molecule has 2 amide bonds. The minimum atomic E-state index is -0.297. The lowest BCUT2D eigenvalue weighted by molar-refractivity contribution is 0.102. The highest BCUT2D eigenvalue weighted by Gasteiger charge is 2.32. The molecule has 0 atom stereocenters. The van der Waals surface area contributed by atoms with E-state index in [9.17, 15) is 9.59 Å². The van der Waals surface area contributed by atoms with Crippen LogP contribution in [0.4, 0.5) is 10.5 Å². The lowest BCUT2D eigenvalue weighted by Gasteiger charge is -2.30. The second-order valence-corrected chi connectivity index (χ2v) is 7.34. The van der Waals surface area contributed by atoms with Crippen molar-refractivity contribution in [1.82, 2.24) is 9.80 Å². The normalized spacial score (nSPS) is 20.7. The molecule has 2 aromatic carbocycles. The zero-order chi connectivity index (χ0) is 20.2. The predicted molar refractivity (Wildman–Crippen MR) is 110 cm³/mol. The molecule has 7 heteroatoms. The van der Waals surface area contributed by atoms with Gasteiger partial charge in [0.1, 0.15) is 11.5 Å². The lowest BCUT2D eigenvalue weighted by atomic mass is 10.1. The van der Waals surface area contributed by atoms with Gasteiger partial charge in [0.15, 0.2) is 0 Å². The Hall–Kier alpha value is -3.06. The van der Waals surface area contributed by atoms with Crippen LogP contribution >= 0.6 is 0 Å². The van der Waals surface area contributed by atoms with Gasteiger partial charge in [0.05, 0.1) is 7.11 Å². The Morgan fingerprint density at radius 2 is 1.55 bits per heavy atom. The highest BCUT2D eigenvalue weighted by molar-refractivity contribution is 6.04. The molecule has 0 aromatic heterocycles. The van der Waals surface area contributed by atoms with E-state index in [2.05, 4.69) is 10.2 Å². The number of hydrogen-bond donors (Lipinski definition) is 1. The zero-order valence-electron chi connectivity index (χ0n) is 16.5. The molecule has 0 aliphatic carbocycles. The molecular weight excluding hydrogens is 370 g/mol. The minimum absolute atomic E-state index is 0.215. The average Bonchev–Trinajstić information content (AvgIpc) is 3.09. The molecule has 29 heavy (non-hydrogen) atoms. The van der Waals surface area contributed by atoms with Gasteiger partial charge in [0, 0.05) is 43.5 Å². The van der Waals surface area contributed by atoms with Gasteiger partial charge in [-0.15, -0.1) is 0 Å². The van der Waals surface area contributed by atoms with Gasteiger partial charge in [-0.1, -0.05) is 0 Å². The van der Waals surface area contributed by atoms with Gasteiger partial charge in [0.2, 0.25) is 0 Å². The largest absolute Gasteiger partial charge is 0.497 e. The van der Waals surface area contributed by atoms with E-state index in [4.69, 9.17) is 9.47 Å². The third-order valence-corrected chi connectivity index (χ3v) is 5.56. The van der Waals surface area contributed by atoms with Crippen molar-refractivity contribution in [3.8, 4) is 11.5 Å². The topological polar surface area (TPSA) is 71.1 Å². The molecule has 3 fully saturated rings. The van der Waals surface area contributed by atoms with Crippen LogP contribution in [0.2, 0.25) is 0 Å². The number of fused-ring (bicyclic) bond motifs is 4. The van der Waals surface area contributed by atoms with Crippen molar-refractivity contribution in [2.75, 3.05) is 38.6 Å². The molecule has 3 aliphatic heterocycles. The summed E-state index contributed by atoms with van der Waals surface area (Å²) in [6, 6.07) is 14.0. The number of carbonyl (C=O) groups excluding carboxylic acids is 2. The Labute approximate surface area is 170 Å². The number of methoxy groups -OCH3 is 1. The molecule has 2 bridgehead atoms. The van der Waals surface area contributed by atoms with E-state index in [0.29, 0.717) is 29.3 Å². The first kappa shape index (κ1) is 19.3. The number of hydrogen-bond acceptors (Lipinski definition) is 5. The first-order valence-electron chi connectivity index (χ1n) is 9.88. The van der Waals surface area contributed by atoms with Crippen LogP contribution in [0.25, 0.3) is 0 Å². The second-order valence-electron chi connectivity index (χ2n) is 7.34. The number of anilines is 1. The first-order valence-corrected chi connectivity index (χ1v) is 9.88. The van der Waals surface area contributed by atoms with E-state index in [-0.39, 0.29) is 18.0 Å². The van der Waals surface area contributed by atoms with E-state index >= 15 is 0 Å². The molecule has 3 heterocycles. The van der Waals surface area contributed by atoms with Crippen molar-refractivity contribution < 1.29 is 19.1 Å². The fraction of sp³-hybridized carbons (Fsp3) is 0.364. The summed E-state index contributed by atoms with van der Waals surface area (Å²) in [4.78, 5) is 29.2. The van der Waals surface area contributed by atoms with Crippen molar-refractivity contribution in [1.29, 1.82) is 0 Å². The molecule has 152 valence electrons. The summed E-state index contributed by atoms with van der Waals surface area (Å²) in [5, 5.41) is 2.83. The van der Waals surface area contributed by atoms with E-state index in [1.165, 1.54) is 0 Å². The monoisotopic (exact) mass is 395 g/mol. The summed E-state index contributed by atoms with van der Waals surface area (Å²) in [5.74, 6) is 0.951. The van der Waals surface area contributed by atoms with E-state index in [1.807, 2.05) is 4.90 Å². The number of carbonyl (C=O) groups is 2. The highest BCUT2D eigenvalue weighted by atomic mass is 16.6. The number of ether oxygens (including phenoxy) is 2. The SMILES string of the molecule is COc1ccc(C(=O)Nc2ccc(OC(=O)N3CCN4CCC3CC4)cc2)cc1. The molecule has 5 rings (SSSR count). The molecule has 3 saturated heterocycles. The standard InChI is InChI=1S/C22H25N3O4/c1-28-19-6-2-16(3-7-19)21(26)23-17-4-8-20(9-5-17)29-22(27)25-15-14-24-12-10-18(25)11-13-24/h2-9,18H,10-15H2,1H3,(H,23,26). The van der Waals surface area contributed by atoms with Gasteiger partial charge in [-0.05, 0) is 61.4 Å². The third-order valence-electron chi connectivity index (χ3n) is 5.56. The molecule has 2 aromatic rings. The van der Waals surface area contributed by atoms with Gasteiger partial charge in [0.25, 0.3) is 5.91 Å². The fourth-order valence-corrected chi connectivity index (χ4v) is 3.84. The third kappa shape index (κ3) is 4.51. The van der Waals surface area contributed by atoms with Crippen LogP contribution in [0.3, 0.4) is 0 Å². The van der Waals surface area contributed by atoms with Crippen LogP contribution in [-0.2, 0) is 0 Å². The van der Waals surface area contributed by atoms with Crippen LogP contribution in [0.5, 0.6) is 11.5 Å². The number of benzene rings is 2. The van der Waals surface area contributed by atoms with E-state index in [1.54, 1.807) is 55.6 Å². The Morgan fingerprint density at radius 3 is 2.21 bits per heavy atom. The summed E-state index contributed by atoms with van der Waals surface area (Å²) in [6.45, 7) is 3.72. The number of rotatable bonds is 4. The number of nitrogens with one attached hydrogen (secondary N) is 1. The van der Waals surface area contributed by atoms with Gasteiger partial charge < -0.3 is 24.6 Å². The Bertz CT molecular complexity index is 859. The van der Waals surface area contributed by atoms with E-state index < -0.39 is 0 Å². The van der Waals surface area contributed by atoms with Crippen molar-refractivity contribution in [3.05, 3.63) is 54.1 Å². The molecule has 0 unspecified atom stereocenters. The van der Waals surface area contributed by atoms with Crippen molar-refractivity contribution in [3.63, 3.8) is 0 Å². The van der Waals surface area contributed by atoms with Crippen LogP contribution < -0.4 is 14.8 Å². The molecule has 0 saturated carbocycles. The smallest absolute Gasteiger partial charge is 0.415 e. The lowest BCUT2D eigenvalue weighted by Crippen LogP contribution is -2.43. The number of amides is 2. The highest BCUT2D eigenvalue weighted by Crippen LogP contribution is 2.23. The van der Waals surface area contributed by atoms with Crippen molar-refractivity contribution in [2.45, 2.75) is 18.9 Å². The summed E-state index contributed by atoms with van der Waals surface area (Å²) < 4.78 is 10.7. The second kappa shape index (κ2) is 8.53. The quantitative estimate of drug-likeness (QED) is 0.861. The Balaban J connectivity index is 1.35. The number of nitrogens with zero attached hydrogens (tertiary/aromatic N) is 2. The van der Waals surface area contributed by atoms with Crippen LogP contribution in [0, 0.1) is 0 Å². The Kier molecular flexibility index (Phi) is 5.67. The summed E-state index contributed by atoms with van der Waals surface area (Å²) in [6.07, 6.45) is 1.71. The van der Waals surface area contributed by atoms with Crippen LogP contribution in [0.15, 0.2) is 48.5 Å². The van der Waals surface area contributed by atoms with Crippen molar-refractivity contribution in [2.24, 2.45) is 0 Å². The molecular formula is C22H25N3O4. The maximum absolute atomic E-state index is 12.6. The zero-order valence-corrected chi connectivity index (χ0v) is 16.5. The molecule has 7 nitrogen and oxygen atoms in total. The number of piperidine rings is 1. The minimum Gasteiger partial charge on any atom is -0.497 e. The van der Waals surface area contributed by atoms with Gasteiger partial charge in [-0.2, -0.15) is 0 Å².